The van der Waals surface area contributed by atoms with Gasteiger partial charge in [-0.2, -0.15) is 8.78 Å². The Morgan fingerprint density at radius 3 is 3.05 bits per heavy atom. The molecule has 1 rings (SSSR count). The van der Waals surface area contributed by atoms with Crippen molar-refractivity contribution in [1.82, 2.24) is 10.3 Å². The number of hydrogen-bond acceptors (Lipinski definition) is 4. The Kier molecular flexibility index (Phi) is 7.35. The van der Waals surface area contributed by atoms with Crippen molar-refractivity contribution in [3.63, 3.8) is 0 Å². The Labute approximate surface area is 114 Å². The number of amides is 1. The van der Waals surface area contributed by atoms with Crippen LogP contribution >= 0.6 is 11.8 Å². The van der Waals surface area contributed by atoms with Crippen molar-refractivity contribution in [2.75, 3.05) is 19.8 Å². The van der Waals surface area contributed by atoms with Crippen LogP contribution in [0.25, 0.3) is 0 Å². The van der Waals surface area contributed by atoms with E-state index in [9.17, 15) is 13.6 Å². The van der Waals surface area contributed by atoms with Crippen LogP contribution in [-0.2, 0) is 4.74 Å². The molecule has 1 aromatic heterocycles. The van der Waals surface area contributed by atoms with Gasteiger partial charge in [-0.15, -0.1) is 0 Å². The van der Waals surface area contributed by atoms with Gasteiger partial charge in [0.1, 0.15) is 5.03 Å². The number of nitrogens with zero attached hydrogens (tertiary/aromatic N) is 1. The highest BCUT2D eigenvalue weighted by Crippen LogP contribution is 2.26. The van der Waals surface area contributed by atoms with Gasteiger partial charge in [0, 0.05) is 26.0 Å². The van der Waals surface area contributed by atoms with Gasteiger partial charge in [0.15, 0.2) is 0 Å². The van der Waals surface area contributed by atoms with Crippen molar-refractivity contribution in [3.05, 3.63) is 23.9 Å². The summed E-state index contributed by atoms with van der Waals surface area (Å²) in [6.07, 6.45) is 2.06. The number of hydrogen-bond donors (Lipinski definition) is 1. The highest BCUT2D eigenvalue weighted by Gasteiger charge is 2.16. The summed E-state index contributed by atoms with van der Waals surface area (Å²) in [5.41, 5.74) is 0.171. The Balaban J connectivity index is 2.51. The van der Waals surface area contributed by atoms with Gasteiger partial charge in [0.05, 0.1) is 5.56 Å². The first-order chi connectivity index (χ1) is 9.15. The zero-order valence-electron chi connectivity index (χ0n) is 10.6. The van der Waals surface area contributed by atoms with Crippen LogP contribution in [-0.4, -0.2) is 36.4 Å². The second-order valence-electron chi connectivity index (χ2n) is 3.54. The molecule has 0 aromatic carbocycles. The summed E-state index contributed by atoms with van der Waals surface area (Å²) in [6, 6.07) is 3.03. The standard InChI is InChI=1S/C12H16F2N2O2S/c1-2-18-8-4-7-15-10(17)9-5-3-6-16-11(9)19-12(13)14/h3,5-6,12H,2,4,7-8H2,1H3,(H,15,17). The van der Waals surface area contributed by atoms with Gasteiger partial charge in [0.2, 0.25) is 0 Å². The molecule has 4 nitrogen and oxygen atoms in total. The third-order valence-corrected chi connectivity index (χ3v) is 2.90. The number of aromatic nitrogens is 1. The molecule has 0 unspecified atom stereocenters. The van der Waals surface area contributed by atoms with Crippen molar-refractivity contribution < 1.29 is 18.3 Å². The van der Waals surface area contributed by atoms with Crippen LogP contribution in [0.5, 0.6) is 0 Å². The van der Waals surface area contributed by atoms with Gasteiger partial charge in [-0.1, -0.05) is 0 Å². The highest BCUT2D eigenvalue weighted by atomic mass is 32.2. The lowest BCUT2D eigenvalue weighted by Gasteiger charge is -2.08. The molecule has 0 atom stereocenters. The maximum Gasteiger partial charge on any atom is 0.290 e. The average molecular weight is 290 g/mol. The predicted octanol–water partition coefficient (Wildman–Crippen LogP) is 2.55. The fourth-order valence-electron chi connectivity index (χ4n) is 1.36. The van der Waals surface area contributed by atoms with Crippen LogP contribution in [0.3, 0.4) is 0 Å². The molecule has 0 spiro atoms. The van der Waals surface area contributed by atoms with E-state index in [0.29, 0.717) is 26.2 Å². The number of thioether (sulfide) groups is 1. The van der Waals surface area contributed by atoms with Crippen molar-refractivity contribution in [2.24, 2.45) is 0 Å². The summed E-state index contributed by atoms with van der Waals surface area (Å²) in [7, 11) is 0. The minimum absolute atomic E-state index is 0.0415. The van der Waals surface area contributed by atoms with E-state index in [4.69, 9.17) is 4.74 Å². The first kappa shape index (κ1) is 15.8. The SMILES string of the molecule is CCOCCCNC(=O)c1cccnc1SC(F)F. The van der Waals surface area contributed by atoms with Crippen molar-refractivity contribution in [3.8, 4) is 0 Å². The topological polar surface area (TPSA) is 51.2 Å². The molecule has 1 aromatic rings. The Morgan fingerprint density at radius 2 is 2.37 bits per heavy atom. The van der Waals surface area contributed by atoms with Crippen LogP contribution < -0.4 is 5.32 Å². The van der Waals surface area contributed by atoms with E-state index in [1.165, 1.54) is 12.3 Å². The minimum Gasteiger partial charge on any atom is -0.382 e. The second-order valence-corrected chi connectivity index (χ2v) is 4.52. The predicted molar refractivity (Wildman–Crippen MR) is 69.5 cm³/mol. The zero-order chi connectivity index (χ0) is 14.1. The smallest absolute Gasteiger partial charge is 0.290 e. The maximum absolute atomic E-state index is 12.3. The normalized spacial score (nSPS) is 10.7. The van der Waals surface area contributed by atoms with Crippen LogP contribution in [0.1, 0.15) is 23.7 Å². The minimum atomic E-state index is -2.60. The Bertz CT molecular complexity index is 405. The van der Waals surface area contributed by atoms with Gasteiger partial charge in [0.25, 0.3) is 11.7 Å². The quantitative estimate of drug-likeness (QED) is 0.590. The van der Waals surface area contributed by atoms with E-state index in [-0.39, 0.29) is 22.4 Å². The van der Waals surface area contributed by atoms with E-state index < -0.39 is 11.7 Å². The lowest BCUT2D eigenvalue weighted by molar-refractivity contribution is 0.0940. The number of pyridine rings is 1. The molecule has 0 saturated carbocycles. The molecule has 19 heavy (non-hydrogen) atoms. The molecule has 106 valence electrons. The van der Waals surface area contributed by atoms with Crippen molar-refractivity contribution >= 4 is 17.7 Å². The first-order valence-electron chi connectivity index (χ1n) is 5.91. The number of rotatable bonds is 8. The summed E-state index contributed by atoms with van der Waals surface area (Å²) in [5, 5.41) is 2.70. The first-order valence-corrected chi connectivity index (χ1v) is 6.79. The van der Waals surface area contributed by atoms with Crippen LogP contribution in [0.2, 0.25) is 0 Å². The van der Waals surface area contributed by atoms with Gasteiger partial charge in [-0.3, -0.25) is 4.79 Å². The third kappa shape index (κ3) is 5.98. The summed E-state index contributed by atoms with van der Waals surface area (Å²) in [4.78, 5) is 15.6. The number of carbonyl (C=O) groups excluding carboxylic acids is 1. The van der Waals surface area contributed by atoms with E-state index in [1.807, 2.05) is 6.92 Å². The largest absolute Gasteiger partial charge is 0.382 e. The van der Waals surface area contributed by atoms with Gasteiger partial charge >= 0.3 is 0 Å². The monoisotopic (exact) mass is 290 g/mol. The number of carbonyl (C=O) groups is 1. The number of ether oxygens (including phenoxy) is 1. The number of halogens is 2. The number of alkyl halides is 2. The van der Waals surface area contributed by atoms with Crippen molar-refractivity contribution in [1.29, 1.82) is 0 Å². The molecule has 0 saturated heterocycles. The Hall–Kier alpha value is -1.21. The molecular formula is C12H16F2N2O2S. The van der Waals surface area contributed by atoms with E-state index in [1.54, 1.807) is 6.07 Å². The van der Waals surface area contributed by atoms with Crippen LogP contribution in [0.4, 0.5) is 8.78 Å². The van der Waals surface area contributed by atoms with Crippen LogP contribution in [0.15, 0.2) is 23.4 Å². The van der Waals surface area contributed by atoms with E-state index in [0.717, 1.165) is 0 Å². The van der Waals surface area contributed by atoms with Gasteiger partial charge < -0.3 is 10.1 Å². The molecule has 0 aliphatic carbocycles. The number of nitrogens with one attached hydrogen (secondary N) is 1. The second kappa shape index (κ2) is 8.82. The molecule has 0 aliphatic rings. The lowest BCUT2D eigenvalue weighted by atomic mass is 10.2. The molecule has 1 heterocycles. The molecule has 1 amide bonds. The zero-order valence-corrected chi connectivity index (χ0v) is 11.4. The third-order valence-electron chi connectivity index (χ3n) is 2.17. The summed E-state index contributed by atoms with van der Waals surface area (Å²) < 4.78 is 29.8. The van der Waals surface area contributed by atoms with Gasteiger partial charge in [-0.25, -0.2) is 4.98 Å². The fourth-order valence-corrected chi connectivity index (χ4v) is 1.94. The fraction of sp³-hybridized carbons (Fsp3) is 0.500. The molecule has 0 bridgehead atoms. The van der Waals surface area contributed by atoms with Crippen molar-refractivity contribution in [2.45, 2.75) is 24.1 Å². The van der Waals surface area contributed by atoms with E-state index >= 15 is 0 Å². The average Bonchev–Trinajstić information content (AvgIpc) is 2.38. The molecule has 0 fully saturated rings. The molecule has 1 N–H and O–H groups in total. The molecule has 0 radical (unpaired) electrons. The summed E-state index contributed by atoms with van der Waals surface area (Å²) >= 11 is 0.271. The summed E-state index contributed by atoms with van der Waals surface area (Å²) in [6.45, 7) is 3.52. The molecule has 0 aliphatic heterocycles. The van der Waals surface area contributed by atoms with Crippen LogP contribution in [0, 0.1) is 0 Å². The molecule has 7 heteroatoms. The summed E-state index contributed by atoms with van der Waals surface area (Å²) in [5.74, 6) is -2.99. The lowest BCUT2D eigenvalue weighted by Crippen LogP contribution is -2.26. The Morgan fingerprint density at radius 1 is 1.58 bits per heavy atom. The highest BCUT2D eigenvalue weighted by molar-refractivity contribution is 7.99. The van der Waals surface area contributed by atoms with Gasteiger partial charge in [-0.05, 0) is 37.2 Å². The maximum atomic E-state index is 12.3. The molecular weight excluding hydrogens is 274 g/mol. The van der Waals surface area contributed by atoms with E-state index in [2.05, 4.69) is 10.3 Å².